The molecule has 1 unspecified atom stereocenters. The number of hydrogen-bond acceptors (Lipinski definition) is 2. The molecule has 0 saturated heterocycles. The normalized spacial score (nSPS) is 20.5. The van der Waals surface area contributed by atoms with Crippen molar-refractivity contribution in [1.82, 2.24) is 4.90 Å². The van der Waals surface area contributed by atoms with Crippen molar-refractivity contribution in [3.63, 3.8) is 0 Å². The van der Waals surface area contributed by atoms with E-state index in [0.29, 0.717) is 6.42 Å². The molecule has 0 aromatic heterocycles. The van der Waals surface area contributed by atoms with Gasteiger partial charge >= 0.3 is 0 Å². The van der Waals surface area contributed by atoms with Crippen LogP contribution in [0.3, 0.4) is 0 Å². The van der Waals surface area contributed by atoms with E-state index in [1.165, 1.54) is 19.3 Å². The molecule has 88 valence electrons. The van der Waals surface area contributed by atoms with Crippen LogP contribution in [0.2, 0.25) is 0 Å². The van der Waals surface area contributed by atoms with Crippen LogP contribution < -0.4 is 5.73 Å². The van der Waals surface area contributed by atoms with Crippen molar-refractivity contribution in [2.75, 3.05) is 13.1 Å². The van der Waals surface area contributed by atoms with Gasteiger partial charge in [-0.3, -0.25) is 4.79 Å². The van der Waals surface area contributed by atoms with Gasteiger partial charge in [-0.25, -0.2) is 0 Å². The maximum Gasteiger partial charge on any atom is 0.242 e. The second-order valence-electron chi connectivity index (χ2n) is 4.91. The summed E-state index contributed by atoms with van der Waals surface area (Å²) in [5, 5.41) is 0. The molecule has 0 aromatic carbocycles. The molecule has 3 heteroatoms. The molecule has 1 fully saturated rings. The van der Waals surface area contributed by atoms with Gasteiger partial charge in [-0.05, 0) is 39.0 Å². The quantitative estimate of drug-likeness (QED) is 0.755. The summed E-state index contributed by atoms with van der Waals surface area (Å²) in [6, 6.07) is 0. The Hall–Kier alpha value is -0.570. The number of nitrogens with zero attached hydrogens (tertiary/aromatic N) is 1. The molecule has 3 nitrogen and oxygen atoms in total. The average Bonchev–Trinajstić information content (AvgIpc) is 2.16. The lowest BCUT2D eigenvalue weighted by atomic mass is 9.84. The number of amides is 1. The molecule has 0 radical (unpaired) electrons. The Kier molecular flexibility index (Phi) is 4.14. The third-order valence-electron chi connectivity index (χ3n) is 3.60. The molecule has 1 aliphatic carbocycles. The molecule has 2 N–H and O–H groups in total. The molecular formula is C12H24N2O. The summed E-state index contributed by atoms with van der Waals surface area (Å²) in [4.78, 5) is 14.0. The van der Waals surface area contributed by atoms with Crippen LogP contribution >= 0.6 is 0 Å². The monoisotopic (exact) mass is 212 g/mol. The van der Waals surface area contributed by atoms with Crippen LogP contribution in [0, 0.1) is 5.92 Å². The Morgan fingerprint density at radius 3 is 2.40 bits per heavy atom. The summed E-state index contributed by atoms with van der Waals surface area (Å²) in [7, 11) is 0. The number of nitrogens with two attached hydrogens (primary N) is 1. The summed E-state index contributed by atoms with van der Waals surface area (Å²) < 4.78 is 0. The van der Waals surface area contributed by atoms with Crippen molar-refractivity contribution in [1.29, 1.82) is 0 Å². The largest absolute Gasteiger partial charge is 0.341 e. The first-order valence-corrected chi connectivity index (χ1v) is 6.09. The maximum atomic E-state index is 12.1. The van der Waals surface area contributed by atoms with Crippen LogP contribution in [0.5, 0.6) is 0 Å². The highest BCUT2D eigenvalue weighted by Gasteiger charge is 2.32. The van der Waals surface area contributed by atoms with E-state index in [2.05, 4.69) is 0 Å². The molecular weight excluding hydrogens is 188 g/mol. The minimum absolute atomic E-state index is 0.111. The van der Waals surface area contributed by atoms with Gasteiger partial charge in [-0.2, -0.15) is 0 Å². The van der Waals surface area contributed by atoms with E-state index in [4.69, 9.17) is 5.73 Å². The predicted molar refractivity (Wildman–Crippen MR) is 62.5 cm³/mol. The molecule has 1 aliphatic rings. The first-order valence-electron chi connectivity index (χ1n) is 6.09. The van der Waals surface area contributed by atoms with Crippen molar-refractivity contribution >= 4 is 5.91 Å². The molecule has 0 aliphatic heterocycles. The number of rotatable bonds is 5. The summed E-state index contributed by atoms with van der Waals surface area (Å²) in [5.74, 6) is 0.834. The molecule has 0 aromatic rings. The van der Waals surface area contributed by atoms with Crippen molar-refractivity contribution in [2.24, 2.45) is 11.7 Å². The Morgan fingerprint density at radius 1 is 1.47 bits per heavy atom. The van der Waals surface area contributed by atoms with E-state index in [9.17, 15) is 4.79 Å². The maximum absolute atomic E-state index is 12.1. The van der Waals surface area contributed by atoms with Crippen molar-refractivity contribution in [3.05, 3.63) is 0 Å². The van der Waals surface area contributed by atoms with Crippen LogP contribution in [0.4, 0.5) is 0 Å². The molecule has 1 saturated carbocycles. The lowest BCUT2D eigenvalue weighted by Gasteiger charge is -2.35. The lowest BCUT2D eigenvalue weighted by molar-refractivity contribution is -0.137. The first-order chi connectivity index (χ1) is 7.01. The second-order valence-corrected chi connectivity index (χ2v) is 4.91. The summed E-state index contributed by atoms with van der Waals surface area (Å²) in [6.07, 6.45) is 4.57. The van der Waals surface area contributed by atoms with E-state index in [1.807, 2.05) is 25.7 Å². The predicted octanol–water partition coefficient (Wildman–Crippen LogP) is 1.76. The van der Waals surface area contributed by atoms with Crippen LogP contribution in [0.1, 0.15) is 46.5 Å². The second kappa shape index (κ2) is 4.97. The van der Waals surface area contributed by atoms with Gasteiger partial charge < -0.3 is 10.6 Å². The van der Waals surface area contributed by atoms with E-state index < -0.39 is 5.54 Å². The van der Waals surface area contributed by atoms with Crippen LogP contribution in [-0.2, 0) is 4.79 Å². The van der Waals surface area contributed by atoms with Crippen molar-refractivity contribution in [3.8, 4) is 0 Å². The van der Waals surface area contributed by atoms with Gasteiger partial charge in [0.25, 0.3) is 0 Å². The van der Waals surface area contributed by atoms with Crippen LogP contribution in [0.25, 0.3) is 0 Å². The summed E-state index contributed by atoms with van der Waals surface area (Å²) in [6.45, 7) is 7.51. The molecule has 1 amide bonds. The number of carbonyl (C=O) groups excluding carboxylic acids is 1. The molecule has 0 heterocycles. The summed E-state index contributed by atoms with van der Waals surface area (Å²) >= 11 is 0. The first kappa shape index (κ1) is 12.5. The standard InChI is InChI=1S/C12H24N2O/c1-4-12(3,13)11(15)14(5-2)9-10-7-6-8-10/h10H,4-9,13H2,1-3H3. The Morgan fingerprint density at radius 2 is 2.07 bits per heavy atom. The number of hydrogen-bond donors (Lipinski definition) is 1. The zero-order valence-electron chi connectivity index (χ0n) is 10.3. The Bertz CT molecular complexity index is 222. The van der Waals surface area contributed by atoms with Gasteiger partial charge in [-0.1, -0.05) is 13.3 Å². The molecule has 0 bridgehead atoms. The average molecular weight is 212 g/mol. The minimum atomic E-state index is -0.681. The fourth-order valence-electron chi connectivity index (χ4n) is 1.86. The van der Waals surface area contributed by atoms with Crippen LogP contribution in [-0.4, -0.2) is 29.4 Å². The van der Waals surface area contributed by atoms with Gasteiger partial charge in [0, 0.05) is 13.1 Å². The lowest BCUT2D eigenvalue weighted by Crippen LogP contribution is -2.54. The van der Waals surface area contributed by atoms with Gasteiger partial charge in [0.1, 0.15) is 0 Å². The van der Waals surface area contributed by atoms with Crippen molar-refractivity contribution in [2.45, 2.75) is 52.0 Å². The fourth-order valence-corrected chi connectivity index (χ4v) is 1.86. The van der Waals surface area contributed by atoms with E-state index in [-0.39, 0.29) is 5.91 Å². The smallest absolute Gasteiger partial charge is 0.242 e. The summed E-state index contributed by atoms with van der Waals surface area (Å²) in [5.41, 5.74) is 5.30. The highest BCUT2D eigenvalue weighted by Crippen LogP contribution is 2.27. The minimum Gasteiger partial charge on any atom is -0.341 e. The number of carbonyl (C=O) groups is 1. The highest BCUT2D eigenvalue weighted by atomic mass is 16.2. The van der Waals surface area contributed by atoms with E-state index in [1.54, 1.807) is 0 Å². The third-order valence-corrected chi connectivity index (χ3v) is 3.60. The highest BCUT2D eigenvalue weighted by molar-refractivity contribution is 5.85. The Balaban J connectivity index is 2.52. The number of likely N-dealkylation sites (N-methyl/N-ethyl adjacent to an activating group) is 1. The topological polar surface area (TPSA) is 46.3 Å². The Labute approximate surface area is 93.0 Å². The zero-order chi connectivity index (χ0) is 11.5. The van der Waals surface area contributed by atoms with Crippen LogP contribution in [0.15, 0.2) is 0 Å². The van der Waals surface area contributed by atoms with Gasteiger partial charge in [0.15, 0.2) is 0 Å². The third kappa shape index (κ3) is 2.94. The van der Waals surface area contributed by atoms with Gasteiger partial charge in [0.05, 0.1) is 5.54 Å². The fraction of sp³-hybridized carbons (Fsp3) is 0.917. The van der Waals surface area contributed by atoms with Gasteiger partial charge in [-0.15, -0.1) is 0 Å². The SMILES string of the molecule is CCN(CC1CCC1)C(=O)C(C)(N)CC. The molecule has 0 spiro atoms. The van der Waals surface area contributed by atoms with E-state index in [0.717, 1.165) is 19.0 Å². The zero-order valence-corrected chi connectivity index (χ0v) is 10.3. The molecule has 1 rings (SSSR count). The molecule has 1 atom stereocenters. The molecule has 15 heavy (non-hydrogen) atoms. The van der Waals surface area contributed by atoms with Gasteiger partial charge in [0.2, 0.25) is 5.91 Å². The van der Waals surface area contributed by atoms with Crippen molar-refractivity contribution < 1.29 is 4.79 Å². The van der Waals surface area contributed by atoms with E-state index >= 15 is 0 Å².